The Labute approximate surface area is 99.7 Å². The molecule has 0 heterocycles. The van der Waals surface area contributed by atoms with Crippen molar-refractivity contribution in [3.63, 3.8) is 0 Å². The molecular formula is C15H25N. The maximum atomic E-state index is 3.75. The summed E-state index contributed by atoms with van der Waals surface area (Å²) in [5.74, 6) is 3.80. The number of hydrogen-bond donors (Lipinski definition) is 1. The van der Waals surface area contributed by atoms with E-state index in [4.69, 9.17) is 0 Å². The summed E-state index contributed by atoms with van der Waals surface area (Å²) >= 11 is 0. The average Bonchev–Trinajstić information content (AvgIpc) is 2.92. The van der Waals surface area contributed by atoms with Gasteiger partial charge in [-0.2, -0.15) is 0 Å². The third-order valence-electron chi connectivity index (χ3n) is 4.98. The molecule has 0 spiro atoms. The molecule has 0 aromatic rings. The minimum Gasteiger partial charge on any atom is -0.316 e. The molecule has 1 heteroatoms. The van der Waals surface area contributed by atoms with Crippen molar-refractivity contribution in [3.05, 3.63) is 12.2 Å². The summed E-state index contributed by atoms with van der Waals surface area (Å²) < 4.78 is 0. The highest BCUT2D eigenvalue weighted by molar-refractivity contribution is 5.10. The van der Waals surface area contributed by atoms with Crippen molar-refractivity contribution in [3.8, 4) is 0 Å². The van der Waals surface area contributed by atoms with Crippen molar-refractivity contribution in [2.45, 2.75) is 44.9 Å². The molecule has 2 fully saturated rings. The van der Waals surface area contributed by atoms with Crippen molar-refractivity contribution in [1.82, 2.24) is 5.32 Å². The van der Waals surface area contributed by atoms with E-state index in [1.807, 2.05) is 0 Å². The zero-order valence-electron chi connectivity index (χ0n) is 10.3. The lowest BCUT2D eigenvalue weighted by Crippen LogP contribution is -2.30. The molecule has 3 aliphatic carbocycles. The summed E-state index contributed by atoms with van der Waals surface area (Å²) in [6.07, 6.45) is 15.2. The van der Waals surface area contributed by atoms with E-state index in [-0.39, 0.29) is 0 Å². The Balaban J connectivity index is 1.36. The highest BCUT2D eigenvalue weighted by Crippen LogP contribution is 2.42. The summed E-state index contributed by atoms with van der Waals surface area (Å²) in [4.78, 5) is 0. The van der Waals surface area contributed by atoms with E-state index in [1.54, 1.807) is 0 Å². The van der Waals surface area contributed by atoms with Crippen LogP contribution < -0.4 is 5.32 Å². The van der Waals surface area contributed by atoms with Crippen molar-refractivity contribution in [1.29, 1.82) is 0 Å². The van der Waals surface area contributed by atoms with Gasteiger partial charge in [-0.05, 0) is 62.4 Å². The van der Waals surface area contributed by atoms with E-state index in [2.05, 4.69) is 17.5 Å². The van der Waals surface area contributed by atoms with E-state index in [0.717, 1.165) is 23.7 Å². The summed E-state index contributed by atoms with van der Waals surface area (Å²) in [6.45, 7) is 2.57. The van der Waals surface area contributed by atoms with E-state index in [1.165, 1.54) is 58.0 Å². The molecule has 1 N–H and O–H groups in total. The van der Waals surface area contributed by atoms with Crippen LogP contribution in [0.15, 0.2) is 12.2 Å². The number of fused-ring (bicyclic) bond motifs is 2. The molecule has 0 amide bonds. The normalized spacial score (nSPS) is 38.4. The van der Waals surface area contributed by atoms with Gasteiger partial charge in [-0.25, -0.2) is 0 Å². The zero-order chi connectivity index (χ0) is 10.8. The van der Waals surface area contributed by atoms with Crippen LogP contribution in [0.25, 0.3) is 0 Å². The van der Waals surface area contributed by atoms with Gasteiger partial charge < -0.3 is 5.32 Å². The highest BCUT2D eigenvalue weighted by atomic mass is 14.9. The summed E-state index contributed by atoms with van der Waals surface area (Å²) in [5.41, 5.74) is 0. The molecule has 0 aliphatic heterocycles. The van der Waals surface area contributed by atoms with E-state index in [9.17, 15) is 0 Å². The van der Waals surface area contributed by atoms with Gasteiger partial charge in [-0.1, -0.05) is 31.4 Å². The van der Waals surface area contributed by atoms with Gasteiger partial charge in [0.05, 0.1) is 0 Å². The van der Waals surface area contributed by atoms with Crippen molar-refractivity contribution < 1.29 is 0 Å². The first-order chi connectivity index (χ1) is 7.92. The molecule has 3 aliphatic rings. The molecule has 2 bridgehead atoms. The first kappa shape index (κ1) is 10.8. The Morgan fingerprint density at radius 2 is 1.81 bits per heavy atom. The summed E-state index contributed by atoms with van der Waals surface area (Å²) in [6, 6.07) is 0. The van der Waals surface area contributed by atoms with Crippen LogP contribution in [0, 0.1) is 23.7 Å². The standard InChI is InChI=1S/C15H25N/c1-2-4-12(5-3-1)10-16-11-15-9-13-6-7-14(15)8-13/h6-7,12-16H,1-5,8-11H2. The minimum absolute atomic E-state index is 0.920. The van der Waals surface area contributed by atoms with Gasteiger partial charge in [0.25, 0.3) is 0 Å². The topological polar surface area (TPSA) is 12.0 Å². The van der Waals surface area contributed by atoms with Gasteiger partial charge in [0.15, 0.2) is 0 Å². The molecule has 16 heavy (non-hydrogen) atoms. The maximum Gasteiger partial charge on any atom is -0.00146 e. The van der Waals surface area contributed by atoms with Crippen LogP contribution in [0.2, 0.25) is 0 Å². The number of nitrogens with one attached hydrogen (secondary N) is 1. The molecule has 0 radical (unpaired) electrons. The van der Waals surface area contributed by atoms with Crippen molar-refractivity contribution in [2.24, 2.45) is 23.7 Å². The lowest BCUT2D eigenvalue weighted by atomic mass is 9.89. The second kappa shape index (κ2) is 4.91. The first-order valence-electron chi connectivity index (χ1n) is 7.31. The zero-order valence-corrected chi connectivity index (χ0v) is 10.3. The average molecular weight is 219 g/mol. The Hall–Kier alpha value is -0.300. The molecule has 0 saturated heterocycles. The number of hydrogen-bond acceptors (Lipinski definition) is 1. The Morgan fingerprint density at radius 1 is 0.938 bits per heavy atom. The predicted octanol–water partition coefficient (Wildman–Crippen LogP) is 3.37. The van der Waals surface area contributed by atoms with Crippen LogP contribution in [-0.2, 0) is 0 Å². The fourth-order valence-corrected chi connectivity index (χ4v) is 3.99. The fraction of sp³-hybridized carbons (Fsp3) is 0.867. The van der Waals surface area contributed by atoms with Crippen molar-refractivity contribution in [2.75, 3.05) is 13.1 Å². The van der Waals surface area contributed by atoms with Crippen LogP contribution >= 0.6 is 0 Å². The molecule has 2 saturated carbocycles. The largest absolute Gasteiger partial charge is 0.316 e. The summed E-state index contributed by atoms with van der Waals surface area (Å²) in [7, 11) is 0. The Bertz CT molecular complexity index is 252. The molecule has 90 valence electrons. The van der Waals surface area contributed by atoms with E-state index >= 15 is 0 Å². The van der Waals surface area contributed by atoms with Crippen LogP contribution in [0.5, 0.6) is 0 Å². The molecular weight excluding hydrogens is 194 g/mol. The molecule has 0 aromatic carbocycles. The quantitative estimate of drug-likeness (QED) is 0.715. The maximum absolute atomic E-state index is 3.75. The number of rotatable bonds is 4. The fourth-order valence-electron chi connectivity index (χ4n) is 3.99. The van der Waals surface area contributed by atoms with Crippen LogP contribution in [0.3, 0.4) is 0 Å². The second-order valence-corrected chi connectivity index (χ2v) is 6.20. The van der Waals surface area contributed by atoms with Gasteiger partial charge in [0, 0.05) is 0 Å². The van der Waals surface area contributed by atoms with Gasteiger partial charge in [0.2, 0.25) is 0 Å². The minimum atomic E-state index is 0.920. The highest BCUT2D eigenvalue weighted by Gasteiger charge is 2.35. The van der Waals surface area contributed by atoms with Crippen LogP contribution in [0.1, 0.15) is 44.9 Å². The molecule has 3 unspecified atom stereocenters. The van der Waals surface area contributed by atoms with Gasteiger partial charge in [0.1, 0.15) is 0 Å². The summed E-state index contributed by atoms with van der Waals surface area (Å²) in [5, 5.41) is 3.75. The molecule has 3 atom stereocenters. The lowest BCUT2D eigenvalue weighted by molar-refractivity contribution is 0.323. The van der Waals surface area contributed by atoms with Crippen LogP contribution in [0.4, 0.5) is 0 Å². The van der Waals surface area contributed by atoms with E-state index < -0.39 is 0 Å². The van der Waals surface area contributed by atoms with E-state index in [0.29, 0.717) is 0 Å². The second-order valence-electron chi connectivity index (χ2n) is 6.20. The van der Waals surface area contributed by atoms with Crippen LogP contribution in [-0.4, -0.2) is 13.1 Å². The first-order valence-corrected chi connectivity index (χ1v) is 7.31. The Morgan fingerprint density at radius 3 is 2.50 bits per heavy atom. The molecule has 1 nitrogen and oxygen atoms in total. The molecule has 3 rings (SSSR count). The SMILES string of the molecule is C1=CC2CC1CC2CNCC1CCCCC1. The van der Waals surface area contributed by atoms with Gasteiger partial charge in [-0.3, -0.25) is 0 Å². The van der Waals surface area contributed by atoms with Gasteiger partial charge in [-0.15, -0.1) is 0 Å². The number of allylic oxidation sites excluding steroid dienone is 2. The third kappa shape index (κ3) is 2.34. The predicted molar refractivity (Wildman–Crippen MR) is 68.3 cm³/mol. The lowest BCUT2D eigenvalue weighted by Gasteiger charge is -2.24. The monoisotopic (exact) mass is 219 g/mol. The Kier molecular flexibility index (Phi) is 3.32. The third-order valence-corrected chi connectivity index (χ3v) is 4.98. The molecule has 0 aromatic heterocycles. The smallest absolute Gasteiger partial charge is 0.00146 e. The van der Waals surface area contributed by atoms with Gasteiger partial charge >= 0.3 is 0 Å². The van der Waals surface area contributed by atoms with Crippen molar-refractivity contribution >= 4 is 0 Å².